The number of halogens is 3. The third-order valence-electron chi connectivity index (χ3n) is 6.58. The molecule has 5 rings (SSSR count). The number of nitrogens with zero attached hydrogens (tertiary/aromatic N) is 2. The molecule has 1 heterocycles. The molecule has 1 amide bonds. The van der Waals surface area contributed by atoms with Crippen molar-refractivity contribution in [2.24, 2.45) is 0 Å². The SMILES string of the molecule is O=C(NC1CCCCC1)C(c1ccc(OC(F)F)cc1)n1c(-c2ccc(Cl)cc2)nc2ccccc21. The van der Waals surface area contributed by atoms with Crippen LogP contribution in [0, 0.1) is 0 Å². The minimum absolute atomic E-state index is 0.0357. The van der Waals surface area contributed by atoms with Crippen LogP contribution in [0.1, 0.15) is 43.7 Å². The van der Waals surface area contributed by atoms with Crippen molar-refractivity contribution >= 4 is 28.5 Å². The van der Waals surface area contributed by atoms with Crippen LogP contribution >= 0.6 is 11.6 Å². The molecule has 0 radical (unpaired) electrons. The molecule has 1 saturated carbocycles. The molecule has 1 N–H and O–H groups in total. The molecule has 1 aromatic heterocycles. The number of hydrogen-bond donors (Lipinski definition) is 1. The minimum atomic E-state index is -2.92. The topological polar surface area (TPSA) is 56.1 Å². The molecule has 1 fully saturated rings. The Hall–Kier alpha value is -3.45. The van der Waals surface area contributed by atoms with E-state index in [4.69, 9.17) is 16.6 Å². The van der Waals surface area contributed by atoms with E-state index >= 15 is 0 Å². The van der Waals surface area contributed by atoms with Crippen LogP contribution in [-0.2, 0) is 4.79 Å². The zero-order valence-corrected chi connectivity index (χ0v) is 20.3. The molecular formula is C28H26ClF2N3O2. The van der Waals surface area contributed by atoms with Gasteiger partial charge in [0, 0.05) is 16.6 Å². The second kappa shape index (κ2) is 10.7. The lowest BCUT2D eigenvalue weighted by Gasteiger charge is -2.27. The molecule has 1 atom stereocenters. The van der Waals surface area contributed by atoms with E-state index in [-0.39, 0.29) is 17.7 Å². The molecule has 1 unspecified atom stereocenters. The number of para-hydroxylation sites is 2. The lowest BCUT2D eigenvalue weighted by atomic mass is 9.94. The number of hydrogen-bond acceptors (Lipinski definition) is 3. The first-order valence-electron chi connectivity index (χ1n) is 12.1. The van der Waals surface area contributed by atoms with Crippen LogP contribution in [0.15, 0.2) is 72.8 Å². The monoisotopic (exact) mass is 509 g/mol. The lowest BCUT2D eigenvalue weighted by molar-refractivity contribution is -0.124. The van der Waals surface area contributed by atoms with Gasteiger partial charge in [-0.15, -0.1) is 0 Å². The average Bonchev–Trinajstić information content (AvgIpc) is 3.25. The third-order valence-corrected chi connectivity index (χ3v) is 6.83. The van der Waals surface area contributed by atoms with Crippen molar-refractivity contribution < 1.29 is 18.3 Å². The summed E-state index contributed by atoms with van der Waals surface area (Å²) in [5.74, 6) is 0.487. The average molecular weight is 510 g/mol. The smallest absolute Gasteiger partial charge is 0.387 e. The number of aromatic nitrogens is 2. The van der Waals surface area contributed by atoms with Gasteiger partial charge >= 0.3 is 6.61 Å². The number of carbonyl (C=O) groups is 1. The molecule has 8 heteroatoms. The highest BCUT2D eigenvalue weighted by Crippen LogP contribution is 2.34. The maximum absolute atomic E-state index is 13.9. The van der Waals surface area contributed by atoms with Crippen molar-refractivity contribution in [2.75, 3.05) is 0 Å². The van der Waals surface area contributed by atoms with E-state index in [1.54, 1.807) is 24.3 Å². The summed E-state index contributed by atoms with van der Waals surface area (Å²) < 4.78 is 31.9. The lowest BCUT2D eigenvalue weighted by Crippen LogP contribution is -2.41. The Bertz CT molecular complexity index is 1330. The summed E-state index contributed by atoms with van der Waals surface area (Å²) in [6.07, 6.45) is 5.22. The largest absolute Gasteiger partial charge is 0.435 e. The molecule has 0 saturated heterocycles. The Morgan fingerprint density at radius 1 is 0.972 bits per heavy atom. The molecule has 0 spiro atoms. The zero-order valence-electron chi connectivity index (χ0n) is 19.5. The van der Waals surface area contributed by atoms with E-state index in [9.17, 15) is 13.6 Å². The summed E-state index contributed by atoms with van der Waals surface area (Å²) in [4.78, 5) is 18.8. The second-order valence-corrected chi connectivity index (χ2v) is 9.43. The van der Waals surface area contributed by atoms with E-state index in [1.807, 2.05) is 41.0 Å². The van der Waals surface area contributed by atoms with Crippen molar-refractivity contribution in [1.29, 1.82) is 0 Å². The molecule has 5 nitrogen and oxygen atoms in total. The van der Waals surface area contributed by atoms with Crippen LogP contribution < -0.4 is 10.1 Å². The Morgan fingerprint density at radius 2 is 1.67 bits per heavy atom. The van der Waals surface area contributed by atoms with Crippen LogP contribution in [-0.4, -0.2) is 28.1 Å². The van der Waals surface area contributed by atoms with Crippen LogP contribution in [0.2, 0.25) is 5.02 Å². The molecule has 186 valence electrons. The number of alkyl halides is 2. The van der Waals surface area contributed by atoms with E-state index < -0.39 is 12.7 Å². The molecule has 0 aliphatic heterocycles. The maximum Gasteiger partial charge on any atom is 0.387 e. The Morgan fingerprint density at radius 3 is 2.36 bits per heavy atom. The van der Waals surface area contributed by atoms with E-state index in [0.29, 0.717) is 16.4 Å². The van der Waals surface area contributed by atoms with Gasteiger partial charge in [-0.05, 0) is 66.9 Å². The fourth-order valence-corrected chi connectivity index (χ4v) is 5.01. The maximum atomic E-state index is 13.9. The van der Waals surface area contributed by atoms with Gasteiger partial charge in [0.2, 0.25) is 5.91 Å². The van der Waals surface area contributed by atoms with E-state index in [1.165, 1.54) is 18.6 Å². The van der Waals surface area contributed by atoms with Gasteiger partial charge in [-0.3, -0.25) is 4.79 Å². The number of ether oxygens (including phenoxy) is 1. The normalized spacial score (nSPS) is 15.2. The predicted molar refractivity (Wildman–Crippen MR) is 136 cm³/mol. The van der Waals surface area contributed by atoms with Gasteiger partial charge < -0.3 is 14.6 Å². The van der Waals surface area contributed by atoms with Gasteiger partial charge in [-0.25, -0.2) is 4.98 Å². The Balaban J connectivity index is 1.64. The van der Waals surface area contributed by atoms with Gasteiger partial charge in [0.1, 0.15) is 17.6 Å². The van der Waals surface area contributed by atoms with Crippen molar-refractivity contribution in [3.8, 4) is 17.1 Å². The Kier molecular flexibility index (Phi) is 7.18. The number of nitrogens with one attached hydrogen (secondary N) is 1. The van der Waals surface area contributed by atoms with Crippen LogP contribution in [0.4, 0.5) is 8.78 Å². The summed E-state index contributed by atoms with van der Waals surface area (Å²) in [7, 11) is 0. The van der Waals surface area contributed by atoms with Crippen LogP contribution in [0.3, 0.4) is 0 Å². The molecule has 0 bridgehead atoms. The highest BCUT2D eigenvalue weighted by molar-refractivity contribution is 6.30. The number of carbonyl (C=O) groups excluding carboxylic acids is 1. The first kappa shape index (κ1) is 24.3. The first-order chi connectivity index (χ1) is 17.5. The molecule has 1 aliphatic carbocycles. The second-order valence-electron chi connectivity index (χ2n) is 8.99. The quantitative estimate of drug-likeness (QED) is 0.292. The number of fused-ring (bicyclic) bond motifs is 1. The molecule has 3 aromatic carbocycles. The summed E-state index contributed by atoms with van der Waals surface area (Å²) in [6.45, 7) is -2.92. The summed E-state index contributed by atoms with van der Waals surface area (Å²) in [5.41, 5.74) is 2.99. The van der Waals surface area contributed by atoms with Gasteiger partial charge in [-0.2, -0.15) is 8.78 Å². The molecule has 36 heavy (non-hydrogen) atoms. The molecular weight excluding hydrogens is 484 g/mol. The van der Waals surface area contributed by atoms with Crippen molar-refractivity contribution in [1.82, 2.24) is 14.9 Å². The van der Waals surface area contributed by atoms with Gasteiger partial charge in [0.15, 0.2) is 0 Å². The predicted octanol–water partition coefficient (Wildman–Crippen LogP) is 7.00. The standard InChI is InChI=1S/C28H26ClF2N3O2/c29-20-14-10-19(11-15-20)26-33-23-8-4-5-9-24(23)34(26)25(27(35)32-21-6-2-1-3-7-21)18-12-16-22(17-13-18)36-28(30)31/h4-5,8-17,21,25,28H,1-3,6-7H2,(H,32,35). The van der Waals surface area contributed by atoms with Crippen molar-refractivity contribution in [3.63, 3.8) is 0 Å². The van der Waals surface area contributed by atoms with Crippen molar-refractivity contribution in [2.45, 2.75) is 50.8 Å². The number of benzene rings is 3. The zero-order chi connectivity index (χ0) is 25.1. The Labute approximate surface area is 213 Å². The minimum Gasteiger partial charge on any atom is -0.435 e. The van der Waals surface area contributed by atoms with Crippen LogP contribution in [0.25, 0.3) is 22.4 Å². The molecule has 4 aromatic rings. The van der Waals surface area contributed by atoms with Gasteiger partial charge in [0.05, 0.1) is 11.0 Å². The number of amides is 1. The number of rotatable bonds is 7. The fourth-order valence-electron chi connectivity index (χ4n) is 4.88. The van der Waals surface area contributed by atoms with Gasteiger partial charge in [-0.1, -0.05) is 55.1 Å². The van der Waals surface area contributed by atoms with E-state index in [2.05, 4.69) is 10.1 Å². The first-order valence-corrected chi connectivity index (χ1v) is 12.5. The third kappa shape index (κ3) is 5.21. The highest BCUT2D eigenvalue weighted by Gasteiger charge is 2.30. The van der Waals surface area contributed by atoms with Gasteiger partial charge in [0.25, 0.3) is 0 Å². The molecule has 1 aliphatic rings. The summed E-state index contributed by atoms with van der Waals surface area (Å²) >= 11 is 6.13. The summed E-state index contributed by atoms with van der Waals surface area (Å²) in [6, 6.07) is 20.5. The highest BCUT2D eigenvalue weighted by atomic mass is 35.5. The van der Waals surface area contributed by atoms with Crippen molar-refractivity contribution in [3.05, 3.63) is 83.4 Å². The van der Waals surface area contributed by atoms with E-state index in [0.717, 1.165) is 42.3 Å². The number of imidazole rings is 1. The van der Waals surface area contributed by atoms with Crippen LogP contribution in [0.5, 0.6) is 5.75 Å². The summed E-state index contributed by atoms with van der Waals surface area (Å²) in [5, 5.41) is 3.84. The fraction of sp³-hybridized carbons (Fsp3) is 0.286.